The van der Waals surface area contributed by atoms with Gasteiger partial charge in [0.1, 0.15) is 17.4 Å². The second kappa shape index (κ2) is 13.9. The molecular weight excluding hydrogens is 534 g/mol. The van der Waals surface area contributed by atoms with E-state index in [2.05, 4.69) is 13.2 Å². The molecule has 0 aliphatic carbocycles. The van der Waals surface area contributed by atoms with Gasteiger partial charge in [0.15, 0.2) is 0 Å². The minimum absolute atomic E-state index is 0.0915. The van der Waals surface area contributed by atoms with Crippen LogP contribution in [-0.4, -0.2) is 89.3 Å². The lowest BCUT2D eigenvalue weighted by molar-refractivity contribution is -0.149. The summed E-state index contributed by atoms with van der Waals surface area (Å²) in [6, 6.07) is 6.45. The highest BCUT2D eigenvalue weighted by atomic mass is 16.5. The Labute approximate surface area is 250 Å². The van der Waals surface area contributed by atoms with Crippen LogP contribution in [0.4, 0.5) is 5.69 Å². The van der Waals surface area contributed by atoms with Crippen LogP contribution in [0.1, 0.15) is 59.3 Å². The van der Waals surface area contributed by atoms with E-state index in [1.54, 1.807) is 26.9 Å². The summed E-state index contributed by atoms with van der Waals surface area (Å²) in [5.41, 5.74) is -0.354. The lowest BCUT2D eigenvalue weighted by Crippen LogP contribution is -2.57. The largest absolute Gasteiger partial charge is 0.494 e. The molecule has 3 aliphatic heterocycles. The molecule has 3 aliphatic rings. The average Bonchev–Trinajstić information content (AvgIpc) is 3.62. The number of aliphatic hydroxyl groups excluding tert-OH is 1. The molecule has 230 valence electrons. The molecule has 3 amide bonds. The molecule has 1 aromatic carbocycles. The Kier molecular flexibility index (Phi) is 10.5. The number of hydrogen-bond acceptors (Lipinski definition) is 6. The highest BCUT2D eigenvalue weighted by Gasteiger charge is 2.74. The minimum atomic E-state index is -1.04. The van der Waals surface area contributed by atoms with Crippen LogP contribution in [0.15, 0.2) is 49.6 Å². The SMILES string of the molecule is C=CCN(C(=O)[C@@H]1[C@H]2C(=O)N(CCCCCCO)C(C(=O)N(CC=C)C(C)C)C23CC[C@H]1O3)c1ccc(OCC)cc1. The van der Waals surface area contributed by atoms with Gasteiger partial charge in [0.2, 0.25) is 17.7 Å². The highest BCUT2D eigenvalue weighted by molar-refractivity contribution is 6.03. The molecule has 1 spiro atoms. The average molecular weight is 582 g/mol. The van der Waals surface area contributed by atoms with Gasteiger partial charge in [-0.2, -0.15) is 0 Å². The summed E-state index contributed by atoms with van der Waals surface area (Å²) in [6.07, 6.45) is 7.20. The smallest absolute Gasteiger partial charge is 0.248 e. The van der Waals surface area contributed by atoms with Gasteiger partial charge in [-0.05, 0) is 70.7 Å². The van der Waals surface area contributed by atoms with Crippen molar-refractivity contribution in [3.63, 3.8) is 0 Å². The molecule has 1 aromatic rings. The van der Waals surface area contributed by atoms with E-state index in [-0.39, 0.29) is 36.9 Å². The number of carbonyl (C=O) groups is 3. The maximum atomic E-state index is 14.3. The standard InChI is InChI=1S/C33H47N3O6/c1-6-19-34(23(4)5)32(40)29-33-18-17-26(42-33)27(28(33)31(39)36(29)21-11-9-10-12-22-37)30(38)35(20-7-2)24-13-15-25(16-14-24)41-8-3/h6-7,13-16,23,26-29,37H,1-2,8-12,17-22H2,3-5H3/t26-,27+,28+,29?,33?/m1/s1. The van der Waals surface area contributed by atoms with Crippen molar-refractivity contribution in [3.8, 4) is 5.75 Å². The van der Waals surface area contributed by atoms with Gasteiger partial charge in [-0.3, -0.25) is 14.4 Å². The summed E-state index contributed by atoms with van der Waals surface area (Å²) in [5, 5.41) is 9.17. The van der Waals surface area contributed by atoms with Crippen molar-refractivity contribution in [1.82, 2.24) is 9.80 Å². The number of hydrogen-bond donors (Lipinski definition) is 1. The number of fused-ring (bicyclic) bond motifs is 1. The number of likely N-dealkylation sites (tertiary alicyclic amines) is 1. The van der Waals surface area contributed by atoms with E-state index in [1.165, 1.54) is 0 Å². The summed E-state index contributed by atoms with van der Waals surface area (Å²) in [7, 11) is 0. The Morgan fingerprint density at radius 1 is 1.12 bits per heavy atom. The molecule has 2 unspecified atom stereocenters. The van der Waals surface area contributed by atoms with Crippen molar-refractivity contribution in [2.75, 3.05) is 37.7 Å². The van der Waals surface area contributed by atoms with Gasteiger partial charge in [-0.1, -0.05) is 25.0 Å². The van der Waals surface area contributed by atoms with Crippen LogP contribution in [0.25, 0.3) is 0 Å². The van der Waals surface area contributed by atoms with E-state index in [4.69, 9.17) is 9.47 Å². The number of anilines is 1. The fourth-order valence-corrected chi connectivity index (χ4v) is 7.07. The van der Waals surface area contributed by atoms with E-state index in [9.17, 15) is 19.5 Å². The van der Waals surface area contributed by atoms with Gasteiger partial charge >= 0.3 is 0 Å². The molecule has 4 rings (SSSR count). The van der Waals surface area contributed by atoms with Crippen molar-refractivity contribution in [2.45, 2.75) is 83.1 Å². The van der Waals surface area contributed by atoms with E-state index < -0.39 is 29.6 Å². The third-order valence-corrected chi connectivity index (χ3v) is 8.90. The number of nitrogens with zero attached hydrogens (tertiary/aromatic N) is 3. The Hall–Kier alpha value is -3.17. The lowest BCUT2D eigenvalue weighted by Gasteiger charge is -2.38. The molecule has 5 atom stereocenters. The summed E-state index contributed by atoms with van der Waals surface area (Å²) in [5.74, 6) is -1.23. The monoisotopic (exact) mass is 581 g/mol. The fourth-order valence-electron chi connectivity index (χ4n) is 7.07. The maximum Gasteiger partial charge on any atom is 0.248 e. The summed E-state index contributed by atoms with van der Waals surface area (Å²) in [4.78, 5) is 48.0. The molecule has 3 fully saturated rings. The molecule has 9 heteroatoms. The van der Waals surface area contributed by atoms with Crippen LogP contribution in [0.2, 0.25) is 0 Å². The van der Waals surface area contributed by atoms with Crippen LogP contribution in [0, 0.1) is 11.8 Å². The number of carbonyl (C=O) groups excluding carboxylic acids is 3. The van der Waals surface area contributed by atoms with Gasteiger partial charge in [-0.25, -0.2) is 0 Å². The Morgan fingerprint density at radius 3 is 2.43 bits per heavy atom. The van der Waals surface area contributed by atoms with Crippen LogP contribution in [-0.2, 0) is 19.1 Å². The van der Waals surface area contributed by atoms with Crippen LogP contribution >= 0.6 is 0 Å². The zero-order valence-corrected chi connectivity index (χ0v) is 25.4. The molecule has 2 bridgehead atoms. The zero-order valence-electron chi connectivity index (χ0n) is 25.4. The molecule has 42 heavy (non-hydrogen) atoms. The number of rotatable bonds is 16. The first kappa shape index (κ1) is 31.8. The highest BCUT2D eigenvalue weighted by Crippen LogP contribution is 2.59. The van der Waals surface area contributed by atoms with Crippen molar-refractivity contribution in [3.05, 3.63) is 49.6 Å². The number of benzene rings is 1. The predicted octanol–water partition coefficient (Wildman–Crippen LogP) is 3.95. The van der Waals surface area contributed by atoms with Crippen molar-refractivity contribution < 1.29 is 29.0 Å². The quantitative estimate of drug-likeness (QED) is 0.234. The van der Waals surface area contributed by atoms with Crippen LogP contribution in [0.3, 0.4) is 0 Å². The zero-order chi connectivity index (χ0) is 30.4. The minimum Gasteiger partial charge on any atom is -0.494 e. The van der Waals surface area contributed by atoms with E-state index in [0.29, 0.717) is 56.8 Å². The van der Waals surface area contributed by atoms with Crippen LogP contribution < -0.4 is 9.64 Å². The third-order valence-electron chi connectivity index (χ3n) is 8.90. The molecule has 0 saturated carbocycles. The van der Waals surface area contributed by atoms with Gasteiger partial charge < -0.3 is 29.3 Å². The topological polar surface area (TPSA) is 99.6 Å². The molecule has 1 N–H and O–H groups in total. The third kappa shape index (κ3) is 5.86. The normalized spacial score (nSPS) is 25.9. The second-order valence-electron chi connectivity index (χ2n) is 11.8. The van der Waals surface area contributed by atoms with Crippen LogP contribution in [0.5, 0.6) is 5.75 Å². The predicted molar refractivity (Wildman–Crippen MR) is 162 cm³/mol. The van der Waals surface area contributed by atoms with E-state index >= 15 is 0 Å². The number of unbranched alkanes of at least 4 members (excludes halogenated alkanes) is 3. The number of amides is 3. The maximum absolute atomic E-state index is 14.3. The lowest BCUT2D eigenvalue weighted by atomic mass is 9.70. The van der Waals surface area contributed by atoms with Crippen molar-refractivity contribution >= 4 is 23.4 Å². The summed E-state index contributed by atoms with van der Waals surface area (Å²) >= 11 is 0. The molecule has 0 aromatic heterocycles. The second-order valence-corrected chi connectivity index (χ2v) is 11.8. The number of ether oxygens (including phenoxy) is 2. The summed E-state index contributed by atoms with van der Waals surface area (Å²) < 4.78 is 12.2. The van der Waals surface area contributed by atoms with Gasteiger partial charge in [0.25, 0.3) is 0 Å². The Morgan fingerprint density at radius 2 is 1.81 bits per heavy atom. The summed E-state index contributed by atoms with van der Waals surface area (Å²) in [6.45, 7) is 15.3. The van der Waals surface area contributed by atoms with Crippen molar-refractivity contribution in [2.24, 2.45) is 11.8 Å². The first-order chi connectivity index (χ1) is 20.2. The van der Waals surface area contributed by atoms with Gasteiger partial charge in [0, 0.05) is 38.0 Å². The molecule has 0 radical (unpaired) electrons. The van der Waals surface area contributed by atoms with Crippen molar-refractivity contribution in [1.29, 1.82) is 0 Å². The Bertz CT molecular complexity index is 1140. The van der Waals surface area contributed by atoms with E-state index in [1.807, 2.05) is 45.0 Å². The van der Waals surface area contributed by atoms with Gasteiger partial charge in [-0.15, -0.1) is 13.2 Å². The molecular formula is C33H47N3O6. The van der Waals surface area contributed by atoms with E-state index in [0.717, 1.165) is 12.8 Å². The molecule has 3 saturated heterocycles. The Balaban J connectivity index is 1.68. The molecule has 3 heterocycles. The fraction of sp³-hybridized carbons (Fsp3) is 0.606. The first-order valence-electron chi connectivity index (χ1n) is 15.4. The van der Waals surface area contributed by atoms with Gasteiger partial charge in [0.05, 0.1) is 24.5 Å². The first-order valence-corrected chi connectivity index (χ1v) is 15.4. The molecule has 9 nitrogen and oxygen atoms in total. The number of aliphatic hydroxyl groups is 1.